The van der Waals surface area contributed by atoms with Crippen molar-refractivity contribution in [2.45, 2.75) is 31.4 Å². The van der Waals surface area contributed by atoms with Gasteiger partial charge in [-0.15, -0.1) is 0 Å². The van der Waals surface area contributed by atoms with Gasteiger partial charge in [0.15, 0.2) is 9.84 Å². The van der Waals surface area contributed by atoms with Crippen molar-refractivity contribution in [3.05, 3.63) is 17.6 Å². The minimum Gasteiger partial charge on any atom is -0.370 e. The summed E-state index contributed by atoms with van der Waals surface area (Å²) in [6, 6.07) is 1.92. The normalized spacial score (nSPS) is 15.9. The summed E-state index contributed by atoms with van der Waals surface area (Å²) >= 11 is 0. The average Bonchev–Trinajstić information content (AvgIpc) is 2.97. The van der Waals surface area contributed by atoms with Gasteiger partial charge >= 0.3 is 0 Å². The van der Waals surface area contributed by atoms with Gasteiger partial charge in [0.25, 0.3) is 0 Å². The molecule has 1 aliphatic carbocycles. The van der Waals surface area contributed by atoms with E-state index in [0.29, 0.717) is 11.7 Å². The van der Waals surface area contributed by atoms with Gasteiger partial charge in [-0.25, -0.2) is 18.4 Å². The van der Waals surface area contributed by atoms with E-state index in [4.69, 9.17) is 0 Å². The molecular weight excluding hydrogens is 238 g/mol. The molecule has 1 heterocycles. The van der Waals surface area contributed by atoms with E-state index in [-0.39, 0.29) is 5.75 Å². The molecule has 1 aliphatic rings. The third kappa shape index (κ3) is 3.66. The van der Waals surface area contributed by atoms with E-state index in [2.05, 4.69) is 15.3 Å². The highest BCUT2D eigenvalue weighted by atomic mass is 32.2. The zero-order valence-electron chi connectivity index (χ0n) is 10.1. The van der Waals surface area contributed by atoms with Gasteiger partial charge in [-0.05, 0) is 19.8 Å². The van der Waals surface area contributed by atoms with Gasteiger partial charge in [-0.3, -0.25) is 0 Å². The van der Waals surface area contributed by atoms with Crippen LogP contribution in [0.4, 0.5) is 5.82 Å². The Labute approximate surface area is 102 Å². The molecule has 6 heteroatoms. The number of anilines is 1. The van der Waals surface area contributed by atoms with E-state index in [0.717, 1.165) is 30.9 Å². The predicted octanol–water partition coefficient (Wildman–Crippen LogP) is 1.33. The third-order valence-electron chi connectivity index (χ3n) is 2.54. The largest absolute Gasteiger partial charge is 0.370 e. The fraction of sp³-hybridized carbons (Fsp3) is 0.636. The van der Waals surface area contributed by atoms with Crippen molar-refractivity contribution in [2.75, 3.05) is 18.1 Å². The van der Waals surface area contributed by atoms with Crippen molar-refractivity contribution >= 4 is 15.7 Å². The molecule has 1 fully saturated rings. The van der Waals surface area contributed by atoms with E-state index in [9.17, 15) is 8.42 Å². The number of rotatable bonds is 5. The van der Waals surface area contributed by atoms with Crippen molar-refractivity contribution in [3.63, 3.8) is 0 Å². The minimum atomic E-state index is -3.08. The zero-order valence-corrected chi connectivity index (χ0v) is 10.9. The molecule has 94 valence electrons. The lowest BCUT2D eigenvalue weighted by Gasteiger charge is -2.07. The molecule has 2 rings (SSSR count). The second kappa shape index (κ2) is 4.60. The molecule has 17 heavy (non-hydrogen) atoms. The number of nitrogens with zero attached hydrogens (tertiary/aromatic N) is 2. The van der Waals surface area contributed by atoms with Crippen molar-refractivity contribution in [1.29, 1.82) is 0 Å². The Bertz CT molecular complexity index is 509. The molecule has 0 aromatic carbocycles. The van der Waals surface area contributed by atoms with Crippen molar-refractivity contribution < 1.29 is 8.42 Å². The molecule has 0 aliphatic heterocycles. The molecule has 1 aromatic heterocycles. The van der Waals surface area contributed by atoms with Crippen LogP contribution in [0.1, 0.15) is 37.2 Å². The fourth-order valence-electron chi connectivity index (χ4n) is 1.68. The van der Waals surface area contributed by atoms with Crippen LogP contribution in [0, 0.1) is 0 Å². The van der Waals surface area contributed by atoms with E-state index in [1.165, 1.54) is 6.26 Å². The zero-order chi connectivity index (χ0) is 12.5. The molecule has 0 spiro atoms. The summed E-state index contributed by atoms with van der Waals surface area (Å²) in [5, 5.41) is 3.11. The summed E-state index contributed by atoms with van der Waals surface area (Å²) in [5.41, 5.74) is 0.967. The van der Waals surface area contributed by atoms with Gasteiger partial charge in [0.2, 0.25) is 0 Å². The van der Waals surface area contributed by atoms with Crippen LogP contribution in [0.5, 0.6) is 0 Å². The summed E-state index contributed by atoms with van der Waals surface area (Å²) in [7, 11) is -3.08. The van der Waals surface area contributed by atoms with Crippen LogP contribution < -0.4 is 5.32 Å². The van der Waals surface area contributed by atoms with E-state index < -0.39 is 9.84 Å². The maximum Gasteiger partial charge on any atom is 0.154 e. The molecule has 0 unspecified atom stereocenters. The molecule has 1 aromatic rings. The van der Waals surface area contributed by atoms with Crippen LogP contribution in [0.2, 0.25) is 0 Å². The Morgan fingerprint density at radius 3 is 2.65 bits per heavy atom. The van der Waals surface area contributed by atoms with Gasteiger partial charge in [-0.2, -0.15) is 0 Å². The van der Waals surface area contributed by atoms with Crippen molar-refractivity contribution in [1.82, 2.24) is 9.97 Å². The van der Waals surface area contributed by atoms with Crippen LogP contribution >= 0.6 is 0 Å². The Morgan fingerprint density at radius 1 is 1.41 bits per heavy atom. The number of sulfone groups is 1. The summed E-state index contributed by atoms with van der Waals surface area (Å²) in [5.74, 6) is 1.52. The topological polar surface area (TPSA) is 72.0 Å². The second-order valence-corrected chi connectivity index (χ2v) is 6.61. The maximum atomic E-state index is 11.3. The van der Waals surface area contributed by atoms with E-state index in [1.807, 2.05) is 13.0 Å². The van der Waals surface area contributed by atoms with Gasteiger partial charge in [0.05, 0.1) is 0 Å². The first-order valence-corrected chi connectivity index (χ1v) is 7.83. The van der Waals surface area contributed by atoms with Crippen LogP contribution in [-0.4, -0.2) is 31.2 Å². The van der Waals surface area contributed by atoms with Crippen LogP contribution in [0.15, 0.2) is 6.07 Å². The third-order valence-corrected chi connectivity index (χ3v) is 3.32. The van der Waals surface area contributed by atoms with Crippen LogP contribution in [0.3, 0.4) is 0 Å². The van der Waals surface area contributed by atoms with E-state index >= 15 is 0 Å². The van der Waals surface area contributed by atoms with Crippen LogP contribution in [0.25, 0.3) is 0 Å². The fourth-order valence-corrected chi connectivity index (χ4v) is 2.27. The standard InChI is InChI=1S/C11H17N3O2S/c1-3-12-10-6-9(8-4-5-8)13-11(14-10)7-17(2,15)16/h6,8H,3-5,7H2,1-2H3,(H,12,13,14). The average molecular weight is 255 g/mol. The first-order chi connectivity index (χ1) is 7.98. The number of nitrogens with one attached hydrogen (secondary N) is 1. The lowest BCUT2D eigenvalue weighted by Crippen LogP contribution is -2.09. The molecule has 0 atom stereocenters. The first-order valence-electron chi connectivity index (χ1n) is 5.77. The molecule has 0 saturated heterocycles. The number of hydrogen-bond acceptors (Lipinski definition) is 5. The molecule has 0 radical (unpaired) electrons. The van der Waals surface area contributed by atoms with E-state index in [1.54, 1.807) is 0 Å². The quantitative estimate of drug-likeness (QED) is 0.859. The van der Waals surface area contributed by atoms with Gasteiger partial charge in [-0.1, -0.05) is 0 Å². The molecular formula is C11H17N3O2S. The minimum absolute atomic E-state index is 0.0913. The molecule has 0 amide bonds. The Morgan fingerprint density at radius 2 is 2.12 bits per heavy atom. The number of hydrogen-bond donors (Lipinski definition) is 1. The number of aromatic nitrogens is 2. The Hall–Kier alpha value is -1.17. The molecule has 1 N–H and O–H groups in total. The summed E-state index contributed by atoms with van der Waals surface area (Å²) in [6.07, 6.45) is 3.48. The second-order valence-electron chi connectivity index (χ2n) is 4.47. The highest BCUT2D eigenvalue weighted by molar-refractivity contribution is 7.89. The highest BCUT2D eigenvalue weighted by Gasteiger charge is 2.26. The maximum absolute atomic E-state index is 11.3. The van der Waals surface area contributed by atoms with Gasteiger partial charge in [0.1, 0.15) is 17.4 Å². The summed E-state index contributed by atoms with van der Waals surface area (Å²) < 4.78 is 22.5. The molecule has 0 bridgehead atoms. The lowest BCUT2D eigenvalue weighted by molar-refractivity contribution is 0.599. The molecule has 1 saturated carbocycles. The smallest absolute Gasteiger partial charge is 0.154 e. The summed E-state index contributed by atoms with van der Waals surface area (Å²) in [6.45, 7) is 2.74. The van der Waals surface area contributed by atoms with Gasteiger partial charge in [0, 0.05) is 30.5 Å². The highest BCUT2D eigenvalue weighted by Crippen LogP contribution is 2.39. The SMILES string of the molecule is CCNc1cc(C2CC2)nc(CS(C)(=O)=O)n1. The molecule has 5 nitrogen and oxygen atoms in total. The Kier molecular flexibility index (Phi) is 3.33. The monoisotopic (exact) mass is 255 g/mol. The van der Waals surface area contributed by atoms with Crippen LogP contribution in [-0.2, 0) is 15.6 Å². The summed E-state index contributed by atoms with van der Waals surface area (Å²) in [4.78, 5) is 8.55. The first kappa shape index (κ1) is 12.3. The predicted molar refractivity (Wildman–Crippen MR) is 66.7 cm³/mol. The Balaban J connectivity index is 2.30. The van der Waals surface area contributed by atoms with Crippen molar-refractivity contribution in [2.24, 2.45) is 0 Å². The van der Waals surface area contributed by atoms with Crippen molar-refractivity contribution in [3.8, 4) is 0 Å². The lowest BCUT2D eigenvalue weighted by atomic mass is 10.2. The van der Waals surface area contributed by atoms with Gasteiger partial charge < -0.3 is 5.32 Å².